The predicted octanol–water partition coefficient (Wildman–Crippen LogP) is 3.35. The van der Waals surface area contributed by atoms with Gasteiger partial charge in [-0.2, -0.15) is 0 Å². The van der Waals surface area contributed by atoms with Gasteiger partial charge in [0, 0.05) is 30.9 Å². The van der Waals surface area contributed by atoms with Gasteiger partial charge in [-0.05, 0) is 71.7 Å². The number of unbranched alkanes of at least 4 members (excludes halogenated alkanes) is 1. The van der Waals surface area contributed by atoms with E-state index in [2.05, 4.69) is 15.4 Å². The van der Waals surface area contributed by atoms with Crippen molar-refractivity contribution in [2.75, 3.05) is 23.7 Å². The van der Waals surface area contributed by atoms with Gasteiger partial charge in [-0.15, -0.1) is 0 Å². The molecule has 1 atom stereocenters. The molecule has 1 aromatic rings. The van der Waals surface area contributed by atoms with Crippen LogP contribution in [0, 0.1) is 0 Å². The number of rotatable bonds is 13. The normalized spacial score (nSPS) is 13.0. The molecule has 0 bridgehead atoms. The molecule has 0 fully saturated rings. The fraction of sp³-hybridized carbons (Fsp3) is 0.650. The first-order valence-corrected chi connectivity index (χ1v) is 11.4. The van der Waals surface area contributed by atoms with Crippen molar-refractivity contribution >= 4 is 27.3 Å². The standard InChI is InChI=1S/C20H35N3O4S/c1-15(2)27-17(5)14-21-18-9-11-19(12-10-18)23-20(24)8-6-7-13-22-28(25,26)16(3)4/h9-12,15-17,21-22H,6-8,13-14H2,1-5H3,(H,23,24). The summed E-state index contributed by atoms with van der Waals surface area (Å²) < 4.78 is 31.5. The Labute approximate surface area is 169 Å². The van der Waals surface area contributed by atoms with Gasteiger partial charge in [0.25, 0.3) is 0 Å². The number of hydrogen-bond donors (Lipinski definition) is 3. The molecule has 0 aliphatic carbocycles. The van der Waals surface area contributed by atoms with Crippen molar-refractivity contribution in [2.24, 2.45) is 0 Å². The van der Waals surface area contributed by atoms with E-state index in [4.69, 9.17) is 4.74 Å². The number of anilines is 2. The van der Waals surface area contributed by atoms with Gasteiger partial charge in [-0.25, -0.2) is 13.1 Å². The second-order valence-corrected chi connectivity index (χ2v) is 9.77. The van der Waals surface area contributed by atoms with Gasteiger partial charge < -0.3 is 15.4 Å². The lowest BCUT2D eigenvalue weighted by Gasteiger charge is -2.17. The van der Waals surface area contributed by atoms with Gasteiger partial charge in [0.05, 0.1) is 17.5 Å². The molecule has 0 aromatic heterocycles. The highest BCUT2D eigenvalue weighted by atomic mass is 32.2. The number of ether oxygens (including phenoxy) is 1. The summed E-state index contributed by atoms with van der Waals surface area (Å²) in [5.41, 5.74) is 1.71. The van der Waals surface area contributed by atoms with Crippen molar-refractivity contribution in [2.45, 2.75) is 71.3 Å². The highest BCUT2D eigenvalue weighted by Gasteiger charge is 2.14. The Hall–Kier alpha value is -1.64. The first-order valence-electron chi connectivity index (χ1n) is 9.88. The molecule has 1 amide bonds. The first-order chi connectivity index (χ1) is 13.1. The second-order valence-electron chi connectivity index (χ2n) is 7.45. The molecule has 0 aliphatic rings. The quantitative estimate of drug-likeness (QED) is 0.431. The Balaban J connectivity index is 2.27. The van der Waals surface area contributed by atoms with Crippen LogP contribution in [0.1, 0.15) is 53.9 Å². The van der Waals surface area contributed by atoms with Crippen LogP contribution in [-0.2, 0) is 19.6 Å². The zero-order valence-corrected chi connectivity index (χ0v) is 18.4. The third-order valence-electron chi connectivity index (χ3n) is 4.02. The number of nitrogens with one attached hydrogen (secondary N) is 3. The molecule has 7 nitrogen and oxygen atoms in total. The third-order valence-corrected chi connectivity index (χ3v) is 5.87. The molecule has 3 N–H and O–H groups in total. The van der Waals surface area contributed by atoms with Crippen LogP contribution in [0.5, 0.6) is 0 Å². The molecule has 1 rings (SSSR count). The van der Waals surface area contributed by atoms with Crippen molar-refractivity contribution < 1.29 is 17.9 Å². The zero-order valence-electron chi connectivity index (χ0n) is 17.6. The summed E-state index contributed by atoms with van der Waals surface area (Å²) in [5, 5.41) is 5.72. The molecule has 0 spiro atoms. The minimum Gasteiger partial charge on any atom is -0.382 e. The fourth-order valence-electron chi connectivity index (χ4n) is 2.46. The van der Waals surface area contributed by atoms with Crippen molar-refractivity contribution in [1.29, 1.82) is 0 Å². The van der Waals surface area contributed by atoms with Crippen LogP contribution >= 0.6 is 0 Å². The smallest absolute Gasteiger partial charge is 0.224 e. The second kappa shape index (κ2) is 12.0. The van der Waals surface area contributed by atoms with Crippen molar-refractivity contribution in [3.63, 3.8) is 0 Å². The Kier molecular flexibility index (Phi) is 10.5. The maximum absolute atomic E-state index is 12.0. The summed E-state index contributed by atoms with van der Waals surface area (Å²) >= 11 is 0. The van der Waals surface area contributed by atoms with Crippen LogP contribution in [0.2, 0.25) is 0 Å². The van der Waals surface area contributed by atoms with Gasteiger partial charge in [-0.3, -0.25) is 4.79 Å². The van der Waals surface area contributed by atoms with Crippen LogP contribution in [0.3, 0.4) is 0 Å². The molecule has 1 aromatic carbocycles. The molecular formula is C20H35N3O4S. The lowest BCUT2D eigenvalue weighted by Crippen LogP contribution is -2.31. The van der Waals surface area contributed by atoms with E-state index in [1.807, 2.05) is 45.0 Å². The number of sulfonamides is 1. The van der Waals surface area contributed by atoms with Crippen LogP contribution in [0.4, 0.5) is 11.4 Å². The SMILES string of the molecule is CC(C)OC(C)CNc1ccc(NC(=O)CCCCNS(=O)(=O)C(C)C)cc1. The Morgan fingerprint density at radius 3 is 2.18 bits per heavy atom. The molecule has 1 unspecified atom stereocenters. The van der Waals surface area contributed by atoms with E-state index in [1.165, 1.54) is 0 Å². The molecule has 0 heterocycles. The van der Waals surface area contributed by atoms with Crippen LogP contribution in [-0.4, -0.2) is 44.9 Å². The van der Waals surface area contributed by atoms with Crippen molar-refractivity contribution in [3.05, 3.63) is 24.3 Å². The van der Waals surface area contributed by atoms with Crippen LogP contribution in [0.25, 0.3) is 0 Å². The Morgan fingerprint density at radius 1 is 1.00 bits per heavy atom. The molecule has 0 saturated heterocycles. The van der Waals surface area contributed by atoms with E-state index < -0.39 is 15.3 Å². The van der Waals surface area contributed by atoms with E-state index >= 15 is 0 Å². The van der Waals surface area contributed by atoms with E-state index in [0.29, 0.717) is 32.4 Å². The summed E-state index contributed by atoms with van der Waals surface area (Å²) in [4.78, 5) is 12.0. The number of benzene rings is 1. The van der Waals surface area contributed by atoms with Crippen LogP contribution in [0.15, 0.2) is 24.3 Å². The van der Waals surface area contributed by atoms with E-state index in [1.54, 1.807) is 13.8 Å². The van der Waals surface area contributed by atoms with Gasteiger partial charge in [-0.1, -0.05) is 0 Å². The zero-order chi connectivity index (χ0) is 21.2. The molecule has 8 heteroatoms. The molecule has 0 saturated carbocycles. The van der Waals surface area contributed by atoms with Crippen molar-refractivity contribution in [3.8, 4) is 0 Å². The summed E-state index contributed by atoms with van der Waals surface area (Å²) in [5.74, 6) is -0.0774. The largest absolute Gasteiger partial charge is 0.382 e. The van der Waals surface area contributed by atoms with E-state index in [-0.39, 0.29) is 18.1 Å². The maximum Gasteiger partial charge on any atom is 0.224 e. The number of carbonyl (C=O) groups excluding carboxylic acids is 1. The number of amides is 1. The summed E-state index contributed by atoms with van der Waals surface area (Å²) in [7, 11) is -3.23. The van der Waals surface area contributed by atoms with Crippen molar-refractivity contribution in [1.82, 2.24) is 4.72 Å². The average Bonchev–Trinajstić information content (AvgIpc) is 2.60. The van der Waals surface area contributed by atoms with E-state index in [0.717, 1.165) is 11.4 Å². The lowest BCUT2D eigenvalue weighted by atomic mass is 10.2. The van der Waals surface area contributed by atoms with Gasteiger partial charge in [0.15, 0.2) is 0 Å². The molecule has 160 valence electrons. The van der Waals surface area contributed by atoms with E-state index in [9.17, 15) is 13.2 Å². The lowest BCUT2D eigenvalue weighted by molar-refractivity contribution is -0.116. The van der Waals surface area contributed by atoms with Gasteiger partial charge >= 0.3 is 0 Å². The molecule has 0 radical (unpaired) electrons. The summed E-state index contributed by atoms with van der Waals surface area (Å²) in [6.07, 6.45) is 1.92. The van der Waals surface area contributed by atoms with Crippen LogP contribution < -0.4 is 15.4 Å². The fourth-order valence-corrected chi connectivity index (χ4v) is 3.22. The minimum atomic E-state index is -3.23. The first kappa shape index (κ1) is 24.4. The molecular weight excluding hydrogens is 378 g/mol. The molecule has 28 heavy (non-hydrogen) atoms. The Morgan fingerprint density at radius 2 is 1.61 bits per heavy atom. The monoisotopic (exact) mass is 413 g/mol. The summed E-state index contributed by atoms with van der Waals surface area (Å²) in [6.45, 7) is 10.4. The topological polar surface area (TPSA) is 96.5 Å². The minimum absolute atomic E-state index is 0.0774. The average molecular weight is 414 g/mol. The van der Waals surface area contributed by atoms with Gasteiger partial charge in [0.2, 0.25) is 15.9 Å². The maximum atomic E-state index is 12.0. The number of carbonyl (C=O) groups is 1. The third kappa shape index (κ3) is 10.1. The highest BCUT2D eigenvalue weighted by Crippen LogP contribution is 2.14. The Bertz CT molecular complexity index is 688. The van der Waals surface area contributed by atoms with Gasteiger partial charge in [0.1, 0.15) is 0 Å². The number of hydrogen-bond acceptors (Lipinski definition) is 5. The molecule has 0 aliphatic heterocycles. The summed E-state index contributed by atoms with van der Waals surface area (Å²) in [6, 6.07) is 7.53. The predicted molar refractivity (Wildman–Crippen MR) is 115 cm³/mol. The highest BCUT2D eigenvalue weighted by molar-refractivity contribution is 7.90.